The van der Waals surface area contributed by atoms with E-state index >= 15 is 0 Å². The van der Waals surface area contributed by atoms with Gasteiger partial charge in [-0.1, -0.05) is 18.2 Å². The Morgan fingerprint density at radius 3 is 2.36 bits per heavy atom. The highest BCUT2D eigenvalue weighted by molar-refractivity contribution is 5.69. The average Bonchev–Trinajstić information content (AvgIpc) is 2.69. The van der Waals surface area contributed by atoms with Crippen molar-refractivity contribution in [3.63, 3.8) is 0 Å². The van der Waals surface area contributed by atoms with Crippen LogP contribution in [-0.2, 0) is 0 Å². The van der Waals surface area contributed by atoms with Crippen molar-refractivity contribution in [3.05, 3.63) is 59.9 Å². The second kappa shape index (κ2) is 9.28. The number of pyridine rings is 1. The number of aromatic nitrogens is 3. The summed E-state index contributed by atoms with van der Waals surface area (Å²) in [5, 5.41) is 6.85. The number of para-hydroxylation sites is 1. The summed E-state index contributed by atoms with van der Waals surface area (Å²) in [6.07, 6.45) is 4.58. The van der Waals surface area contributed by atoms with Gasteiger partial charge in [-0.2, -0.15) is 4.98 Å². The molecule has 0 unspecified atom stereocenters. The normalized spacial score (nSPS) is 10.9. The molecule has 1 aromatic carbocycles. The zero-order chi connectivity index (χ0) is 19.9. The molecule has 2 heterocycles. The molecule has 2 aromatic heterocycles. The van der Waals surface area contributed by atoms with Gasteiger partial charge in [0.1, 0.15) is 5.82 Å². The number of nitrogens with zero attached hydrogens (tertiary/aromatic N) is 4. The van der Waals surface area contributed by atoms with Crippen LogP contribution in [0.25, 0.3) is 11.3 Å². The predicted molar refractivity (Wildman–Crippen MR) is 116 cm³/mol. The second-order valence-electron chi connectivity index (χ2n) is 7.17. The van der Waals surface area contributed by atoms with Gasteiger partial charge in [-0.25, -0.2) is 4.98 Å². The quantitative estimate of drug-likeness (QED) is 0.573. The molecule has 0 saturated carbocycles. The number of benzene rings is 1. The molecule has 0 atom stereocenters. The van der Waals surface area contributed by atoms with Crippen LogP contribution < -0.4 is 10.6 Å². The van der Waals surface area contributed by atoms with Crippen LogP contribution in [0.5, 0.6) is 0 Å². The number of anilines is 3. The van der Waals surface area contributed by atoms with E-state index in [2.05, 4.69) is 66.7 Å². The Kier molecular flexibility index (Phi) is 6.55. The summed E-state index contributed by atoms with van der Waals surface area (Å²) < 4.78 is 0. The third-order valence-corrected chi connectivity index (χ3v) is 4.50. The molecule has 2 N–H and O–H groups in total. The summed E-state index contributed by atoms with van der Waals surface area (Å²) in [7, 11) is 4.15. The molecule has 3 rings (SSSR count). The van der Waals surface area contributed by atoms with Crippen molar-refractivity contribution in [3.8, 4) is 11.3 Å². The fraction of sp³-hybridized carbons (Fsp3) is 0.318. The fourth-order valence-corrected chi connectivity index (χ4v) is 3.00. The molecule has 0 fully saturated rings. The lowest BCUT2D eigenvalue weighted by molar-refractivity contribution is 0.405. The van der Waals surface area contributed by atoms with E-state index in [9.17, 15) is 0 Å². The Morgan fingerprint density at radius 1 is 0.964 bits per heavy atom. The zero-order valence-electron chi connectivity index (χ0n) is 17.0. The standard InChI is InChI=1S/C22H28N6/c1-16-7-5-8-17(2)21(16)26-20-15-19(18-9-12-23-13-10-18)25-22(27-20)24-11-6-14-28(3)4/h5,7-10,12-13,15H,6,11,14H2,1-4H3,(H2,24,25,26,27). The van der Waals surface area contributed by atoms with Crippen LogP contribution in [0.1, 0.15) is 17.5 Å². The van der Waals surface area contributed by atoms with Crippen LogP contribution >= 0.6 is 0 Å². The van der Waals surface area contributed by atoms with E-state index in [1.165, 1.54) is 11.1 Å². The summed E-state index contributed by atoms with van der Waals surface area (Å²) in [6.45, 7) is 6.03. The first-order valence-corrected chi connectivity index (χ1v) is 9.54. The zero-order valence-corrected chi connectivity index (χ0v) is 17.0. The van der Waals surface area contributed by atoms with Gasteiger partial charge in [0, 0.05) is 36.3 Å². The smallest absolute Gasteiger partial charge is 0.225 e. The minimum Gasteiger partial charge on any atom is -0.354 e. The topological polar surface area (TPSA) is 66.0 Å². The lowest BCUT2D eigenvalue weighted by atomic mass is 10.1. The number of aryl methyl sites for hydroxylation is 2. The number of nitrogens with one attached hydrogen (secondary N) is 2. The van der Waals surface area contributed by atoms with Gasteiger partial charge < -0.3 is 15.5 Å². The fourth-order valence-electron chi connectivity index (χ4n) is 3.00. The van der Waals surface area contributed by atoms with Gasteiger partial charge in [0.05, 0.1) is 5.69 Å². The van der Waals surface area contributed by atoms with Crippen molar-refractivity contribution in [2.45, 2.75) is 20.3 Å². The van der Waals surface area contributed by atoms with Crippen LogP contribution in [0, 0.1) is 13.8 Å². The Balaban J connectivity index is 1.89. The maximum Gasteiger partial charge on any atom is 0.225 e. The highest BCUT2D eigenvalue weighted by Gasteiger charge is 2.09. The van der Waals surface area contributed by atoms with Crippen LogP contribution in [0.3, 0.4) is 0 Å². The van der Waals surface area contributed by atoms with E-state index in [1.54, 1.807) is 12.4 Å². The molecule has 0 bridgehead atoms. The summed E-state index contributed by atoms with van der Waals surface area (Å²) in [6, 6.07) is 12.2. The molecule has 0 saturated heterocycles. The van der Waals surface area contributed by atoms with Crippen LogP contribution in [0.15, 0.2) is 48.8 Å². The van der Waals surface area contributed by atoms with E-state index in [-0.39, 0.29) is 0 Å². The number of hydrogen-bond donors (Lipinski definition) is 2. The minimum atomic E-state index is 0.627. The molecule has 28 heavy (non-hydrogen) atoms. The first-order valence-electron chi connectivity index (χ1n) is 9.54. The lowest BCUT2D eigenvalue weighted by Crippen LogP contribution is -2.17. The summed E-state index contributed by atoms with van der Waals surface area (Å²) in [5.41, 5.74) is 5.33. The van der Waals surface area contributed by atoms with Gasteiger partial charge in [-0.3, -0.25) is 4.98 Å². The average molecular weight is 377 g/mol. The van der Waals surface area contributed by atoms with Gasteiger partial charge in [0.2, 0.25) is 5.95 Å². The number of hydrogen-bond acceptors (Lipinski definition) is 6. The van der Waals surface area contributed by atoms with Crippen LogP contribution in [0.4, 0.5) is 17.5 Å². The van der Waals surface area contributed by atoms with Gasteiger partial charge >= 0.3 is 0 Å². The molecule has 0 spiro atoms. The lowest BCUT2D eigenvalue weighted by Gasteiger charge is -2.15. The molecule has 6 nitrogen and oxygen atoms in total. The molecule has 146 valence electrons. The van der Waals surface area contributed by atoms with E-state index in [4.69, 9.17) is 9.97 Å². The van der Waals surface area contributed by atoms with Crippen molar-refractivity contribution >= 4 is 17.5 Å². The monoisotopic (exact) mass is 376 g/mol. The highest BCUT2D eigenvalue weighted by atomic mass is 15.1. The summed E-state index contributed by atoms with van der Waals surface area (Å²) in [4.78, 5) is 15.7. The van der Waals surface area contributed by atoms with Crippen molar-refractivity contribution in [1.82, 2.24) is 19.9 Å². The molecule has 0 aliphatic carbocycles. The molecule has 0 aliphatic rings. The summed E-state index contributed by atoms with van der Waals surface area (Å²) >= 11 is 0. The molecule has 0 aliphatic heterocycles. The van der Waals surface area contributed by atoms with Crippen molar-refractivity contribution in [2.75, 3.05) is 37.8 Å². The van der Waals surface area contributed by atoms with Gasteiger partial charge in [0.25, 0.3) is 0 Å². The van der Waals surface area contributed by atoms with Crippen molar-refractivity contribution in [2.24, 2.45) is 0 Å². The summed E-state index contributed by atoms with van der Waals surface area (Å²) in [5.74, 6) is 1.40. The molecular formula is C22H28N6. The minimum absolute atomic E-state index is 0.627. The van der Waals surface area contributed by atoms with Crippen molar-refractivity contribution in [1.29, 1.82) is 0 Å². The third-order valence-electron chi connectivity index (χ3n) is 4.50. The van der Waals surface area contributed by atoms with Crippen molar-refractivity contribution < 1.29 is 0 Å². The SMILES string of the molecule is Cc1cccc(C)c1Nc1cc(-c2ccncc2)nc(NCCCN(C)C)n1. The predicted octanol–water partition coefficient (Wildman–Crippen LogP) is 4.26. The molecule has 0 radical (unpaired) electrons. The second-order valence-corrected chi connectivity index (χ2v) is 7.17. The van der Waals surface area contributed by atoms with E-state index in [1.807, 2.05) is 18.2 Å². The highest BCUT2D eigenvalue weighted by Crippen LogP contribution is 2.26. The van der Waals surface area contributed by atoms with Gasteiger partial charge in [-0.15, -0.1) is 0 Å². The molecular weight excluding hydrogens is 348 g/mol. The maximum absolute atomic E-state index is 4.70. The van der Waals surface area contributed by atoms with E-state index < -0.39 is 0 Å². The Morgan fingerprint density at radius 2 is 1.68 bits per heavy atom. The molecule has 0 amide bonds. The third kappa shape index (κ3) is 5.27. The molecule has 3 aromatic rings. The Hall–Kier alpha value is -2.99. The maximum atomic E-state index is 4.70. The first kappa shape index (κ1) is 19.8. The Bertz CT molecular complexity index is 888. The van der Waals surface area contributed by atoms with Gasteiger partial charge in [0.15, 0.2) is 0 Å². The largest absolute Gasteiger partial charge is 0.354 e. The first-order chi connectivity index (χ1) is 13.5. The Labute approximate surface area is 167 Å². The van der Waals surface area contributed by atoms with Crippen LogP contribution in [0.2, 0.25) is 0 Å². The van der Waals surface area contributed by atoms with Gasteiger partial charge in [-0.05, 0) is 64.2 Å². The van der Waals surface area contributed by atoms with E-state index in [0.29, 0.717) is 5.95 Å². The van der Waals surface area contributed by atoms with Crippen LogP contribution in [-0.4, -0.2) is 47.0 Å². The van der Waals surface area contributed by atoms with E-state index in [0.717, 1.165) is 42.3 Å². The molecule has 6 heteroatoms. The number of rotatable bonds is 8.